The Morgan fingerprint density at radius 1 is 1.37 bits per heavy atom. The monoisotopic (exact) mass is 259 g/mol. The van der Waals surface area contributed by atoms with E-state index < -0.39 is 12.0 Å². The number of aryl methyl sites for hydroxylation is 1. The van der Waals surface area contributed by atoms with Crippen molar-refractivity contribution in [2.75, 3.05) is 6.54 Å². The molecule has 19 heavy (non-hydrogen) atoms. The molecule has 1 heterocycles. The number of carboxylic acids is 1. The first-order valence-corrected chi connectivity index (χ1v) is 6.16. The summed E-state index contributed by atoms with van der Waals surface area (Å²) < 4.78 is 1.74. The van der Waals surface area contributed by atoms with Gasteiger partial charge in [0.05, 0.1) is 5.69 Å². The lowest BCUT2D eigenvalue weighted by Crippen LogP contribution is -2.30. The number of aromatic nitrogens is 2. The van der Waals surface area contributed by atoms with Crippen molar-refractivity contribution in [3.8, 4) is 0 Å². The molecule has 0 bridgehead atoms. The van der Waals surface area contributed by atoms with Gasteiger partial charge in [0.1, 0.15) is 6.04 Å². The van der Waals surface area contributed by atoms with E-state index in [4.69, 9.17) is 0 Å². The topological polar surface area (TPSA) is 67.2 Å². The third-order valence-electron chi connectivity index (χ3n) is 2.88. The van der Waals surface area contributed by atoms with Crippen LogP contribution in [0.4, 0.5) is 0 Å². The fourth-order valence-electron chi connectivity index (χ4n) is 1.93. The van der Waals surface area contributed by atoms with Crippen LogP contribution in [0.3, 0.4) is 0 Å². The Balaban J connectivity index is 1.93. The van der Waals surface area contributed by atoms with Crippen LogP contribution in [0.5, 0.6) is 0 Å². The molecule has 0 radical (unpaired) electrons. The van der Waals surface area contributed by atoms with Crippen molar-refractivity contribution in [2.45, 2.75) is 12.5 Å². The number of carboxylic acid groups (broad SMARTS) is 1. The van der Waals surface area contributed by atoms with Gasteiger partial charge < -0.3 is 10.4 Å². The van der Waals surface area contributed by atoms with Crippen LogP contribution >= 0.6 is 0 Å². The van der Waals surface area contributed by atoms with Gasteiger partial charge in [-0.1, -0.05) is 30.3 Å². The largest absolute Gasteiger partial charge is 0.480 e. The van der Waals surface area contributed by atoms with Gasteiger partial charge in [0.2, 0.25) is 0 Å². The minimum absolute atomic E-state index is 0.572. The molecule has 0 fully saturated rings. The normalized spacial score (nSPS) is 12.3. The molecular weight excluding hydrogens is 242 g/mol. The van der Waals surface area contributed by atoms with Crippen molar-refractivity contribution < 1.29 is 9.90 Å². The van der Waals surface area contributed by atoms with E-state index in [1.807, 2.05) is 49.6 Å². The summed E-state index contributed by atoms with van der Waals surface area (Å²) in [6.07, 6.45) is 2.58. The van der Waals surface area contributed by atoms with Gasteiger partial charge in [-0.15, -0.1) is 0 Å². The Bertz CT molecular complexity index is 537. The molecule has 0 saturated heterocycles. The minimum Gasteiger partial charge on any atom is -0.480 e. The second-order valence-corrected chi connectivity index (χ2v) is 4.37. The highest BCUT2D eigenvalue weighted by Crippen LogP contribution is 2.12. The first-order valence-electron chi connectivity index (χ1n) is 6.16. The molecule has 2 N–H and O–H groups in total. The van der Waals surface area contributed by atoms with E-state index in [1.54, 1.807) is 4.68 Å². The van der Waals surface area contributed by atoms with Crippen molar-refractivity contribution in [1.82, 2.24) is 15.1 Å². The van der Waals surface area contributed by atoms with E-state index in [-0.39, 0.29) is 0 Å². The average molecular weight is 259 g/mol. The van der Waals surface area contributed by atoms with Gasteiger partial charge in [0, 0.05) is 26.2 Å². The van der Waals surface area contributed by atoms with Crippen LogP contribution in [0.2, 0.25) is 0 Å². The number of aliphatic carboxylic acids is 1. The first kappa shape index (κ1) is 13.3. The van der Waals surface area contributed by atoms with E-state index >= 15 is 0 Å². The highest BCUT2D eigenvalue weighted by Gasteiger charge is 2.18. The molecular formula is C14H17N3O2. The maximum atomic E-state index is 11.3. The van der Waals surface area contributed by atoms with E-state index in [2.05, 4.69) is 10.4 Å². The molecule has 0 aliphatic carbocycles. The summed E-state index contributed by atoms with van der Waals surface area (Å²) >= 11 is 0. The molecule has 1 atom stereocenters. The minimum atomic E-state index is -0.868. The summed E-state index contributed by atoms with van der Waals surface area (Å²) in [4.78, 5) is 11.3. The molecule has 0 aliphatic rings. The van der Waals surface area contributed by atoms with E-state index in [9.17, 15) is 9.90 Å². The summed E-state index contributed by atoms with van der Waals surface area (Å²) in [5, 5.41) is 16.5. The van der Waals surface area contributed by atoms with Crippen LogP contribution in [0, 0.1) is 0 Å². The van der Waals surface area contributed by atoms with E-state index in [1.165, 1.54) is 0 Å². The molecule has 0 saturated carbocycles. The average Bonchev–Trinajstić information content (AvgIpc) is 2.81. The van der Waals surface area contributed by atoms with Crippen molar-refractivity contribution in [3.63, 3.8) is 0 Å². The summed E-state index contributed by atoms with van der Waals surface area (Å²) in [6.45, 7) is 0.572. The predicted octanol–water partition coefficient (Wildman–Crippen LogP) is 1.38. The zero-order valence-electron chi connectivity index (χ0n) is 10.8. The van der Waals surface area contributed by atoms with Crippen LogP contribution in [0.1, 0.15) is 17.3 Å². The molecule has 0 spiro atoms. The number of nitrogens with zero attached hydrogens (tertiary/aromatic N) is 2. The lowest BCUT2D eigenvalue weighted by molar-refractivity contribution is -0.139. The number of benzene rings is 1. The number of carbonyl (C=O) groups is 1. The second-order valence-electron chi connectivity index (χ2n) is 4.37. The molecule has 2 aromatic rings. The maximum Gasteiger partial charge on any atom is 0.325 e. The van der Waals surface area contributed by atoms with Crippen LogP contribution in [-0.4, -0.2) is 27.4 Å². The molecule has 1 aromatic carbocycles. The fraction of sp³-hybridized carbons (Fsp3) is 0.286. The molecule has 1 aromatic heterocycles. The Morgan fingerprint density at radius 3 is 2.68 bits per heavy atom. The molecule has 5 heteroatoms. The number of nitrogens with one attached hydrogen (secondary N) is 1. The van der Waals surface area contributed by atoms with Crippen molar-refractivity contribution >= 4 is 5.97 Å². The molecule has 1 unspecified atom stereocenters. The van der Waals surface area contributed by atoms with Gasteiger partial charge in [-0.05, 0) is 11.6 Å². The van der Waals surface area contributed by atoms with Gasteiger partial charge in [0.25, 0.3) is 0 Å². The molecule has 2 rings (SSSR count). The highest BCUT2D eigenvalue weighted by molar-refractivity contribution is 5.75. The maximum absolute atomic E-state index is 11.3. The summed E-state index contributed by atoms with van der Waals surface area (Å²) in [7, 11) is 1.86. The van der Waals surface area contributed by atoms with E-state index in [0.717, 1.165) is 11.3 Å². The smallest absolute Gasteiger partial charge is 0.325 e. The second kappa shape index (κ2) is 6.15. The zero-order valence-corrected chi connectivity index (χ0v) is 10.8. The molecule has 0 aliphatic heterocycles. The molecule has 100 valence electrons. The standard InChI is InChI=1S/C14H17N3O2/c1-17-10-8-12(16-17)7-9-15-13(14(18)19)11-5-3-2-4-6-11/h2-6,8,10,13,15H,7,9H2,1H3,(H,18,19). The quantitative estimate of drug-likeness (QED) is 0.822. The summed E-state index contributed by atoms with van der Waals surface area (Å²) in [5.74, 6) is -0.868. The van der Waals surface area contributed by atoms with Crippen molar-refractivity contribution in [1.29, 1.82) is 0 Å². The lowest BCUT2D eigenvalue weighted by Gasteiger charge is -2.14. The number of hydrogen-bond acceptors (Lipinski definition) is 3. The Hall–Kier alpha value is -2.14. The van der Waals surface area contributed by atoms with Crippen molar-refractivity contribution in [2.24, 2.45) is 7.05 Å². The molecule has 0 amide bonds. The summed E-state index contributed by atoms with van der Waals surface area (Å²) in [5.41, 5.74) is 1.71. The Labute approximate surface area is 111 Å². The van der Waals surface area contributed by atoms with Gasteiger partial charge in [0.15, 0.2) is 0 Å². The lowest BCUT2D eigenvalue weighted by atomic mass is 10.1. The predicted molar refractivity (Wildman–Crippen MR) is 71.7 cm³/mol. The number of rotatable bonds is 6. The third kappa shape index (κ3) is 3.66. The summed E-state index contributed by atoms with van der Waals surface area (Å²) in [6, 6.07) is 10.4. The third-order valence-corrected chi connectivity index (χ3v) is 2.88. The van der Waals surface area contributed by atoms with Gasteiger partial charge in [-0.25, -0.2) is 0 Å². The van der Waals surface area contributed by atoms with Crippen LogP contribution in [-0.2, 0) is 18.3 Å². The SMILES string of the molecule is Cn1ccc(CCNC(C(=O)O)c2ccccc2)n1. The van der Waals surface area contributed by atoms with Crippen LogP contribution in [0.25, 0.3) is 0 Å². The van der Waals surface area contributed by atoms with Crippen LogP contribution < -0.4 is 5.32 Å². The highest BCUT2D eigenvalue weighted by atomic mass is 16.4. The first-order chi connectivity index (χ1) is 9.16. The van der Waals surface area contributed by atoms with Crippen LogP contribution in [0.15, 0.2) is 42.6 Å². The van der Waals surface area contributed by atoms with E-state index in [0.29, 0.717) is 13.0 Å². The molecule has 5 nitrogen and oxygen atoms in total. The van der Waals surface area contributed by atoms with Gasteiger partial charge in [-0.3, -0.25) is 9.48 Å². The zero-order chi connectivity index (χ0) is 13.7. The fourth-order valence-corrected chi connectivity index (χ4v) is 1.93. The van der Waals surface area contributed by atoms with Gasteiger partial charge in [-0.2, -0.15) is 5.10 Å². The Kier molecular flexibility index (Phi) is 4.30. The Morgan fingerprint density at radius 2 is 2.11 bits per heavy atom. The number of hydrogen-bond donors (Lipinski definition) is 2. The van der Waals surface area contributed by atoms with Gasteiger partial charge >= 0.3 is 5.97 Å². The van der Waals surface area contributed by atoms with Crippen molar-refractivity contribution in [3.05, 3.63) is 53.9 Å².